The normalized spacial score (nSPS) is 37.7. The summed E-state index contributed by atoms with van der Waals surface area (Å²) in [6, 6.07) is -1.26. The van der Waals surface area contributed by atoms with E-state index in [1.54, 1.807) is 64.0 Å². The van der Waals surface area contributed by atoms with Crippen molar-refractivity contribution in [2.45, 2.75) is 315 Å². The van der Waals surface area contributed by atoms with Crippen LogP contribution >= 0.6 is 22.6 Å². The largest absolute Gasteiger partial charge is 1.00 e. The van der Waals surface area contributed by atoms with Crippen LogP contribution in [-0.4, -0.2) is 275 Å². The molecule has 0 aromatic heterocycles. The fourth-order valence-electron chi connectivity index (χ4n) is 17.3. The molecule has 0 aromatic rings. The van der Waals surface area contributed by atoms with Crippen molar-refractivity contribution < 1.29 is 197 Å². The van der Waals surface area contributed by atoms with E-state index in [-0.39, 0.29) is 183 Å². The Morgan fingerprint density at radius 1 is 0.523 bits per heavy atom. The molecule has 1 aliphatic carbocycles. The van der Waals surface area contributed by atoms with Gasteiger partial charge in [-0.2, -0.15) is 0 Å². The Kier molecular flexibility index (Phi) is 53.7. The van der Waals surface area contributed by atoms with Crippen LogP contribution < -0.4 is 108 Å². The van der Waals surface area contributed by atoms with Gasteiger partial charge in [0.15, 0.2) is 24.1 Å². The smallest absolute Gasteiger partial charge is 1.00 e. The minimum atomic E-state index is -1.17. The maximum Gasteiger partial charge on any atom is 1.00 e. The number of nitrogens with zero attached hydrogens (tertiary/aromatic N) is 5. The third-order valence-electron chi connectivity index (χ3n) is 24.1. The molecule has 0 bridgehead atoms. The molecule has 8 rings (SSSR count). The summed E-state index contributed by atoms with van der Waals surface area (Å²) in [7, 11) is 7.19. The first-order valence-electron chi connectivity index (χ1n) is 41.6. The van der Waals surface area contributed by atoms with Gasteiger partial charge in [0, 0.05) is 46.5 Å². The Labute approximate surface area is 767 Å². The summed E-state index contributed by atoms with van der Waals surface area (Å²) >= 11 is 2.29. The molecule has 7 heterocycles. The van der Waals surface area contributed by atoms with Crippen LogP contribution in [0.3, 0.4) is 0 Å². The van der Waals surface area contributed by atoms with Gasteiger partial charge in [0.1, 0.15) is 24.4 Å². The monoisotopic (exact) mass is 1730 g/mol. The van der Waals surface area contributed by atoms with Crippen LogP contribution in [0.5, 0.6) is 0 Å². The van der Waals surface area contributed by atoms with Crippen molar-refractivity contribution in [2.75, 3.05) is 91.5 Å². The number of piperidine rings is 3. The molecule has 1 saturated carbocycles. The number of hydrogen-bond donors (Lipinski definition) is 6. The molecular formula is C84H146IK2N5O19. The van der Waals surface area contributed by atoms with Gasteiger partial charge in [-0.25, -0.2) is 0 Å². The van der Waals surface area contributed by atoms with E-state index in [9.17, 15) is 49.8 Å². The fourth-order valence-corrected chi connectivity index (χ4v) is 18.1. The Morgan fingerprint density at radius 2 is 0.847 bits per heavy atom. The molecule has 24 unspecified atom stereocenters. The number of aliphatic hydroxyl groups excluding tert-OH is 6. The standard InChI is InChI=1S/C41H71N3O8.C36H61IN2O8.C6H12.CH2O3.2K.H/c1-8-35-32(26-44-20-13-10-14-21-44)23-27(2)15-16-33(45)28(3)24-31(17-22-43-18-11-9-12-19-43)40(29(4)34(46)25-36(47)51-35)52-41-39(49)37(42(6)7)38(48)30(5)50-41;1-8-30-27(21-37)18-22(2)12-13-28(40)23(3)19-26(14-17-39-15-10-9-11-16-39)35(24(4)29(41)20-31(42)46-30)47-36-34(44)32(38(6)7)33(43)25(5)45-36;1-2-4-6-5-3-1;2-1-4-3;;;/h15-16,23,28-32,34-35,37-41,46,48-49H,8-14,17-22,24-26H2,1-7H3;12-13,18,23-27,29-30,32-36,41,43-44H,8-11,14-17,19-21H2,1-7H3;1-6H2;1,3H;;;/q;;;;2*+1;-1/p-1/b16-15+,27-23+;13-12+,22-18+;;;;;. The number of carbonyl (C=O) groups is 5. The third-order valence-corrected chi connectivity index (χ3v) is 25.1. The van der Waals surface area contributed by atoms with Gasteiger partial charge < -0.3 is 95.1 Å². The van der Waals surface area contributed by atoms with Crippen LogP contribution in [0.15, 0.2) is 47.6 Å². The number of carbonyl (C=O) groups excluding carboxylic acids is 5. The Balaban J connectivity index is 0.000000661. The molecule has 0 aromatic carbocycles. The quantitative estimate of drug-likeness (QED) is 0.0218. The fraction of sp³-hybridized carbons (Fsp3) is 0.845. The molecule has 5 saturated heterocycles. The Hall–Kier alpha value is 0.0727. The molecule has 6 fully saturated rings. The van der Waals surface area contributed by atoms with Gasteiger partial charge in [-0.05, 0) is 209 Å². The summed E-state index contributed by atoms with van der Waals surface area (Å²) in [6.45, 7) is 27.4. The molecule has 24 nitrogen and oxygen atoms in total. The van der Waals surface area contributed by atoms with E-state index >= 15 is 0 Å². The van der Waals surface area contributed by atoms with Crippen LogP contribution in [-0.2, 0) is 57.3 Å². The molecule has 27 heteroatoms. The second kappa shape index (κ2) is 56.6. The summed E-state index contributed by atoms with van der Waals surface area (Å²) in [4.78, 5) is 76.4. The third kappa shape index (κ3) is 36.0. The van der Waals surface area contributed by atoms with E-state index < -0.39 is 109 Å². The summed E-state index contributed by atoms with van der Waals surface area (Å²) in [5, 5.41) is 76.5. The van der Waals surface area contributed by atoms with Crippen molar-refractivity contribution >= 4 is 52.6 Å². The molecular weight excluding hydrogens is 1590 g/mol. The number of esters is 2. The second-order valence-corrected chi connectivity index (χ2v) is 34.1. The number of rotatable bonds is 18. The van der Waals surface area contributed by atoms with Gasteiger partial charge in [0.2, 0.25) is 0 Å². The topological polar surface area (TPSA) is 311 Å². The second-order valence-electron chi connectivity index (χ2n) is 33.3. The summed E-state index contributed by atoms with van der Waals surface area (Å²) < 4.78 is 38.5. The molecule has 0 spiro atoms. The van der Waals surface area contributed by atoms with Gasteiger partial charge in [-0.15, -0.1) is 0 Å². The minimum absolute atomic E-state index is 0. The van der Waals surface area contributed by atoms with Crippen molar-refractivity contribution in [1.82, 2.24) is 24.5 Å². The Bertz CT molecular complexity index is 2750. The number of halogens is 1. The van der Waals surface area contributed by atoms with E-state index in [4.69, 9.17) is 38.5 Å². The molecule has 7 aliphatic heterocycles. The van der Waals surface area contributed by atoms with Crippen LogP contribution in [0.4, 0.5) is 0 Å². The first-order valence-corrected chi connectivity index (χ1v) is 43.2. The number of hydrogen-bond acceptors (Lipinski definition) is 24. The van der Waals surface area contributed by atoms with Crippen LogP contribution in [0.25, 0.3) is 0 Å². The number of cyclic esters (lactones) is 2. The number of likely N-dealkylation sites (N-methyl/N-ethyl adjacent to an activating group) is 2. The number of likely N-dealkylation sites (tertiary alicyclic amines) is 3. The van der Waals surface area contributed by atoms with Crippen molar-refractivity contribution in [3.8, 4) is 0 Å². The molecule has 6 N–H and O–H groups in total. The van der Waals surface area contributed by atoms with Gasteiger partial charge in [0.05, 0.1) is 73.8 Å². The number of ether oxygens (including phenoxy) is 6. The van der Waals surface area contributed by atoms with E-state index in [0.29, 0.717) is 38.5 Å². The van der Waals surface area contributed by atoms with E-state index in [1.165, 1.54) is 57.8 Å². The molecule has 24 atom stereocenters. The zero-order chi connectivity index (χ0) is 80.4. The average Bonchev–Trinajstić information content (AvgIpc) is 0.796. The maximum absolute atomic E-state index is 13.8. The first-order chi connectivity index (χ1) is 52.0. The molecule has 0 radical (unpaired) electrons. The summed E-state index contributed by atoms with van der Waals surface area (Å²) in [5.41, 5.74) is 1.89. The van der Waals surface area contributed by atoms with Crippen LogP contribution in [0.1, 0.15) is 218 Å². The maximum atomic E-state index is 13.8. The van der Waals surface area contributed by atoms with Crippen molar-refractivity contribution in [3.63, 3.8) is 0 Å². The van der Waals surface area contributed by atoms with Gasteiger partial charge in [-0.1, -0.05) is 157 Å². The summed E-state index contributed by atoms with van der Waals surface area (Å²) in [6.07, 6.45) is 22.3. The van der Waals surface area contributed by atoms with E-state index in [0.717, 1.165) is 113 Å². The zero-order valence-corrected chi connectivity index (χ0v) is 79.2. The first kappa shape index (κ1) is 105. The predicted octanol–water partition coefficient (Wildman–Crippen LogP) is 3.21. The van der Waals surface area contributed by atoms with Crippen LogP contribution in [0, 0.1) is 47.3 Å². The number of aliphatic hydroxyl groups is 6. The zero-order valence-electron chi connectivity index (χ0n) is 71.8. The van der Waals surface area contributed by atoms with Gasteiger partial charge in [0.25, 0.3) is 6.47 Å². The van der Waals surface area contributed by atoms with Crippen molar-refractivity contribution in [1.29, 1.82) is 0 Å². The number of alkyl halides is 1. The molecule has 8 aliphatic rings. The molecule has 630 valence electrons. The average molecular weight is 1740 g/mol. The van der Waals surface area contributed by atoms with Crippen molar-refractivity contribution in [3.05, 3.63) is 47.6 Å². The number of ketones is 2. The van der Waals surface area contributed by atoms with E-state index in [2.05, 4.69) is 54.3 Å². The minimum Gasteiger partial charge on any atom is -1.00 e. The number of allylic oxidation sites excluding steroid dienone is 6. The van der Waals surface area contributed by atoms with Crippen molar-refractivity contribution in [2.24, 2.45) is 47.3 Å². The van der Waals surface area contributed by atoms with E-state index in [1.807, 2.05) is 67.5 Å². The SMILES string of the molecule is C1CCCCC1.CCC1OC(=O)CC(O)C(C)C(OC2OC(C)C(O)C(N(C)C)C2O)C(CCN2CCCCC2)CC(C)C(=O)/C=C/C(C)=C/C1CI.CCC1OC(=O)CC(O)C(C)C(OC2OC(C)C(O)C(N(C)C)C2O)C(CCN2CCCCC2)CC(C)C(=O)/C=C/C(C)=C/C1CN1CCCCC1.O=CO[O-].[H-].[K+].[K+]. The predicted molar refractivity (Wildman–Crippen MR) is 430 cm³/mol. The van der Waals surface area contributed by atoms with Gasteiger partial charge in [-0.3, -0.25) is 24.0 Å². The molecule has 111 heavy (non-hydrogen) atoms. The Morgan fingerprint density at radius 3 is 1.17 bits per heavy atom. The van der Waals surface area contributed by atoms with Crippen LogP contribution in [0.2, 0.25) is 0 Å². The summed E-state index contributed by atoms with van der Waals surface area (Å²) in [5.74, 6) is -3.14. The molecule has 0 amide bonds. The van der Waals surface area contributed by atoms with Gasteiger partial charge >= 0.3 is 115 Å².